The summed E-state index contributed by atoms with van der Waals surface area (Å²) in [5.74, 6) is 0.123. The molecule has 4 heteroatoms. The fourth-order valence-electron chi connectivity index (χ4n) is 1.58. The molecule has 4 nitrogen and oxygen atoms in total. The van der Waals surface area contributed by atoms with Gasteiger partial charge in [-0.05, 0) is 26.2 Å². The van der Waals surface area contributed by atoms with Crippen LogP contribution in [0.2, 0.25) is 0 Å². The van der Waals surface area contributed by atoms with Crippen molar-refractivity contribution in [1.29, 1.82) is 0 Å². The molecule has 74 valence electrons. The van der Waals surface area contributed by atoms with Crippen LogP contribution in [0.15, 0.2) is 0 Å². The van der Waals surface area contributed by atoms with Crippen molar-refractivity contribution < 1.29 is 9.63 Å². The Labute approximate surface area is 78.0 Å². The second kappa shape index (κ2) is 2.96. The summed E-state index contributed by atoms with van der Waals surface area (Å²) in [6.45, 7) is 2.58. The van der Waals surface area contributed by atoms with Crippen molar-refractivity contribution in [3.63, 3.8) is 0 Å². The molecule has 1 unspecified atom stereocenters. The van der Waals surface area contributed by atoms with E-state index in [0.717, 1.165) is 19.3 Å². The summed E-state index contributed by atoms with van der Waals surface area (Å²) < 4.78 is 0. The Bertz CT molecular complexity index is 224. The summed E-state index contributed by atoms with van der Waals surface area (Å²) in [6.07, 6.45) is 3.45. The van der Waals surface area contributed by atoms with Crippen LogP contribution in [0.4, 0.5) is 0 Å². The van der Waals surface area contributed by atoms with E-state index in [1.54, 1.807) is 0 Å². The summed E-state index contributed by atoms with van der Waals surface area (Å²) in [6, 6.07) is 0.132. The first-order valence-electron chi connectivity index (χ1n) is 4.86. The minimum absolute atomic E-state index is 0.0884. The van der Waals surface area contributed by atoms with Crippen molar-refractivity contribution in [2.24, 2.45) is 5.73 Å². The summed E-state index contributed by atoms with van der Waals surface area (Å²) in [5, 5.41) is 1.50. The predicted octanol–water partition coefficient (Wildman–Crippen LogP) is 0.420. The zero-order valence-corrected chi connectivity index (χ0v) is 7.95. The average Bonchev–Trinajstić information content (AvgIpc) is 2.69. The Morgan fingerprint density at radius 3 is 2.85 bits per heavy atom. The van der Waals surface area contributed by atoms with E-state index >= 15 is 0 Å². The van der Waals surface area contributed by atoms with Crippen molar-refractivity contribution in [3.8, 4) is 0 Å². The van der Waals surface area contributed by atoms with Crippen LogP contribution in [0.1, 0.15) is 32.6 Å². The Morgan fingerprint density at radius 2 is 2.38 bits per heavy atom. The van der Waals surface area contributed by atoms with Gasteiger partial charge in [-0.15, -0.1) is 0 Å². The lowest BCUT2D eigenvalue weighted by molar-refractivity contribution is -0.178. The quantitative estimate of drug-likeness (QED) is 0.691. The SMILES string of the molecule is CC(N)CCN1OC2(CC2)CC1=O. The van der Waals surface area contributed by atoms with Crippen LogP contribution in [0.5, 0.6) is 0 Å². The molecular formula is C9H16N2O2. The van der Waals surface area contributed by atoms with Crippen molar-refractivity contribution in [2.75, 3.05) is 6.54 Å². The topological polar surface area (TPSA) is 55.6 Å². The van der Waals surface area contributed by atoms with Gasteiger partial charge in [0.1, 0.15) is 5.60 Å². The average molecular weight is 184 g/mol. The van der Waals surface area contributed by atoms with Gasteiger partial charge in [-0.25, -0.2) is 5.06 Å². The molecule has 1 spiro atoms. The van der Waals surface area contributed by atoms with Gasteiger partial charge in [-0.1, -0.05) is 0 Å². The minimum atomic E-state index is -0.0884. The second-order valence-corrected chi connectivity index (χ2v) is 4.21. The lowest BCUT2D eigenvalue weighted by Crippen LogP contribution is -2.29. The standard InChI is InChI=1S/C9H16N2O2/c1-7(10)2-5-11-8(12)6-9(13-11)3-4-9/h7H,2-6,10H2,1H3. The van der Waals surface area contributed by atoms with Gasteiger partial charge in [0.15, 0.2) is 0 Å². The maximum absolute atomic E-state index is 11.4. The summed E-state index contributed by atoms with van der Waals surface area (Å²) >= 11 is 0. The third-order valence-corrected chi connectivity index (χ3v) is 2.65. The lowest BCUT2D eigenvalue weighted by Gasteiger charge is -2.16. The Hall–Kier alpha value is -0.610. The third kappa shape index (κ3) is 1.84. The van der Waals surface area contributed by atoms with Crippen molar-refractivity contribution >= 4 is 5.91 Å². The predicted molar refractivity (Wildman–Crippen MR) is 47.6 cm³/mol. The number of hydrogen-bond acceptors (Lipinski definition) is 3. The lowest BCUT2D eigenvalue weighted by atomic mass is 10.2. The molecular weight excluding hydrogens is 168 g/mol. The van der Waals surface area contributed by atoms with Crippen LogP contribution < -0.4 is 5.73 Å². The molecule has 2 fully saturated rings. The monoisotopic (exact) mass is 184 g/mol. The summed E-state index contributed by atoms with van der Waals surface area (Å²) in [5.41, 5.74) is 5.52. The van der Waals surface area contributed by atoms with E-state index in [0.29, 0.717) is 13.0 Å². The number of hydrogen-bond donors (Lipinski definition) is 1. The highest BCUT2D eigenvalue weighted by Gasteiger charge is 2.54. The number of carbonyl (C=O) groups is 1. The van der Waals surface area contributed by atoms with E-state index in [1.165, 1.54) is 5.06 Å². The number of hydroxylamine groups is 2. The first-order chi connectivity index (χ1) is 6.11. The van der Waals surface area contributed by atoms with E-state index in [1.807, 2.05) is 6.92 Å². The minimum Gasteiger partial charge on any atom is -0.328 e. The zero-order chi connectivity index (χ0) is 9.47. The molecule has 0 radical (unpaired) electrons. The molecule has 0 aromatic rings. The normalized spacial score (nSPS) is 26.9. The van der Waals surface area contributed by atoms with Gasteiger partial charge >= 0.3 is 0 Å². The highest BCUT2D eigenvalue weighted by molar-refractivity contribution is 5.78. The van der Waals surface area contributed by atoms with E-state index in [4.69, 9.17) is 10.6 Å². The van der Waals surface area contributed by atoms with Crippen molar-refractivity contribution in [2.45, 2.75) is 44.2 Å². The molecule has 2 N–H and O–H groups in total. The van der Waals surface area contributed by atoms with Gasteiger partial charge in [0.05, 0.1) is 13.0 Å². The molecule has 0 aromatic heterocycles. The molecule has 2 aliphatic rings. The number of nitrogens with two attached hydrogens (primary N) is 1. The van der Waals surface area contributed by atoms with E-state index < -0.39 is 0 Å². The maximum Gasteiger partial charge on any atom is 0.249 e. The van der Waals surface area contributed by atoms with Crippen LogP contribution in [0.3, 0.4) is 0 Å². The molecule has 1 aliphatic heterocycles. The molecule has 1 saturated carbocycles. The van der Waals surface area contributed by atoms with Crippen LogP contribution in [0, 0.1) is 0 Å². The van der Waals surface area contributed by atoms with Crippen molar-refractivity contribution in [3.05, 3.63) is 0 Å². The Balaban J connectivity index is 1.83. The smallest absolute Gasteiger partial charge is 0.249 e. The highest BCUT2D eigenvalue weighted by Crippen LogP contribution is 2.47. The van der Waals surface area contributed by atoms with Crippen LogP contribution in [0.25, 0.3) is 0 Å². The van der Waals surface area contributed by atoms with Crippen LogP contribution in [-0.4, -0.2) is 29.2 Å². The van der Waals surface area contributed by atoms with Gasteiger partial charge in [0, 0.05) is 6.04 Å². The molecule has 1 heterocycles. The van der Waals surface area contributed by atoms with Gasteiger partial charge in [0.25, 0.3) is 0 Å². The molecule has 1 saturated heterocycles. The zero-order valence-electron chi connectivity index (χ0n) is 7.95. The second-order valence-electron chi connectivity index (χ2n) is 4.21. The molecule has 0 bridgehead atoms. The molecule has 1 atom stereocenters. The number of nitrogens with zero attached hydrogens (tertiary/aromatic N) is 1. The van der Waals surface area contributed by atoms with Crippen molar-refractivity contribution in [1.82, 2.24) is 5.06 Å². The third-order valence-electron chi connectivity index (χ3n) is 2.65. The fraction of sp³-hybridized carbons (Fsp3) is 0.889. The van der Waals surface area contributed by atoms with Gasteiger partial charge in [-0.2, -0.15) is 0 Å². The summed E-state index contributed by atoms with van der Waals surface area (Å²) in [4.78, 5) is 17.0. The van der Waals surface area contributed by atoms with Gasteiger partial charge in [0.2, 0.25) is 5.91 Å². The molecule has 2 rings (SSSR count). The van der Waals surface area contributed by atoms with E-state index in [-0.39, 0.29) is 17.6 Å². The van der Waals surface area contributed by atoms with E-state index in [2.05, 4.69) is 0 Å². The molecule has 0 aromatic carbocycles. The maximum atomic E-state index is 11.4. The van der Waals surface area contributed by atoms with Crippen LogP contribution in [-0.2, 0) is 9.63 Å². The molecule has 13 heavy (non-hydrogen) atoms. The Kier molecular flexibility index (Phi) is 2.04. The first kappa shape index (κ1) is 8.97. The highest BCUT2D eigenvalue weighted by atomic mass is 16.7. The Morgan fingerprint density at radius 1 is 1.69 bits per heavy atom. The largest absolute Gasteiger partial charge is 0.328 e. The number of carbonyl (C=O) groups excluding carboxylic acids is 1. The first-order valence-corrected chi connectivity index (χ1v) is 4.86. The number of rotatable bonds is 3. The molecule has 1 amide bonds. The van der Waals surface area contributed by atoms with Gasteiger partial charge < -0.3 is 5.73 Å². The number of amides is 1. The van der Waals surface area contributed by atoms with Crippen LogP contribution >= 0.6 is 0 Å². The summed E-state index contributed by atoms with van der Waals surface area (Å²) in [7, 11) is 0. The van der Waals surface area contributed by atoms with E-state index in [9.17, 15) is 4.79 Å². The van der Waals surface area contributed by atoms with Gasteiger partial charge in [-0.3, -0.25) is 9.63 Å². The fourth-order valence-corrected chi connectivity index (χ4v) is 1.58. The molecule has 1 aliphatic carbocycles.